The second-order valence-corrected chi connectivity index (χ2v) is 4.58. The number of hydrogen-bond donors (Lipinski definition) is 3. The van der Waals surface area contributed by atoms with Crippen molar-refractivity contribution >= 4 is 11.7 Å². The van der Waals surface area contributed by atoms with E-state index in [1.165, 1.54) is 12.1 Å². The molecule has 0 spiro atoms. The third kappa shape index (κ3) is 3.14. The summed E-state index contributed by atoms with van der Waals surface area (Å²) in [5.74, 6) is -1.74. The maximum atomic E-state index is 10.8. The molecule has 0 amide bonds. The number of carbonyl (C=O) groups excluding carboxylic acids is 1. The molecule has 0 bridgehead atoms. The molecule has 1 fully saturated rings. The van der Waals surface area contributed by atoms with Gasteiger partial charge in [-0.3, -0.25) is 10.1 Å². The summed E-state index contributed by atoms with van der Waals surface area (Å²) in [7, 11) is 0. The van der Waals surface area contributed by atoms with Crippen LogP contribution in [0.25, 0.3) is 0 Å². The molecular weight excluding hydrogens is 302 g/mol. The van der Waals surface area contributed by atoms with Gasteiger partial charge in [0.25, 0.3) is 5.69 Å². The molecule has 1 aromatic carbocycles. The Labute approximate surface area is 123 Å². The molecule has 22 heavy (non-hydrogen) atoms. The monoisotopic (exact) mass is 314 g/mol. The van der Waals surface area contributed by atoms with Gasteiger partial charge in [0.2, 0.25) is 6.29 Å². The van der Waals surface area contributed by atoms with Gasteiger partial charge in [0, 0.05) is 12.1 Å². The first-order chi connectivity index (χ1) is 10.3. The number of nitrogens with zero attached hydrogens (tertiary/aromatic N) is 1. The highest BCUT2D eigenvalue weighted by molar-refractivity contribution is 5.71. The van der Waals surface area contributed by atoms with E-state index >= 15 is 0 Å². The maximum Gasteiger partial charge on any atom is 0.269 e. The minimum absolute atomic E-state index is 0.0373. The normalized spacial score (nSPS) is 31.5. The van der Waals surface area contributed by atoms with Crippen molar-refractivity contribution in [1.82, 2.24) is 0 Å². The smallest absolute Gasteiger partial charge is 0.269 e. The first-order valence-corrected chi connectivity index (χ1v) is 6.13. The van der Waals surface area contributed by atoms with E-state index in [-0.39, 0.29) is 11.4 Å². The van der Waals surface area contributed by atoms with Crippen LogP contribution in [0.15, 0.2) is 24.3 Å². The summed E-state index contributed by atoms with van der Waals surface area (Å²) in [5.41, 5.74) is -0.194. The average molecular weight is 314 g/mol. The number of aliphatic hydroxyl groups is 3. The minimum Gasteiger partial charge on any atom is -0.547 e. The number of carboxylic acid groups (broad SMARTS) is 1. The molecule has 1 aliphatic rings. The van der Waals surface area contributed by atoms with Gasteiger partial charge in [-0.1, -0.05) is 0 Å². The van der Waals surface area contributed by atoms with Crippen molar-refractivity contribution in [2.24, 2.45) is 0 Å². The molecule has 3 N–H and O–H groups in total. The van der Waals surface area contributed by atoms with Crippen LogP contribution in [-0.4, -0.2) is 56.9 Å². The van der Waals surface area contributed by atoms with Crippen LogP contribution < -0.4 is 9.84 Å². The summed E-state index contributed by atoms with van der Waals surface area (Å²) in [6.07, 6.45) is -8.90. The van der Waals surface area contributed by atoms with Gasteiger partial charge in [0.05, 0.1) is 10.9 Å². The highest BCUT2D eigenvalue weighted by atomic mass is 16.7. The summed E-state index contributed by atoms with van der Waals surface area (Å²) in [5, 5.41) is 50.1. The Balaban J connectivity index is 2.13. The van der Waals surface area contributed by atoms with E-state index in [1.54, 1.807) is 0 Å². The first-order valence-electron chi connectivity index (χ1n) is 6.13. The number of carbonyl (C=O) groups is 1. The number of hydrogen-bond acceptors (Lipinski definition) is 9. The van der Waals surface area contributed by atoms with Gasteiger partial charge in [0.1, 0.15) is 30.2 Å². The fourth-order valence-electron chi connectivity index (χ4n) is 1.92. The number of carboxylic acids is 1. The van der Waals surface area contributed by atoms with Crippen molar-refractivity contribution in [2.75, 3.05) is 0 Å². The quantitative estimate of drug-likeness (QED) is 0.403. The van der Waals surface area contributed by atoms with Crippen LogP contribution in [0.3, 0.4) is 0 Å². The highest BCUT2D eigenvalue weighted by Gasteiger charge is 2.45. The molecule has 1 aromatic rings. The number of aliphatic hydroxyl groups excluding tert-OH is 3. The van der Waals surface area contributed by atoms with Crippen molar-refractivity contribution in [3.63, 3.8) is 0 Å². The van der Waals surface area contributed by atoms with E-state index < -0.39 is 41.6 Å². The zero-order valence-electron chi connectivity index (χ0n) is 10.9. The standard InChI is InChI=1S/C12H13NO9/c14-7-8(15)10(11(17)18)22-12(9(7)16)21-6-3-1-5(2-4-6)13(19)20/h1-4,7-10,12,14-16H,(H,17,18)/p-1/t7-,8-,9+,10-,12+/m0/s1. The number of aliphatic carboxylic acids is 1. The fraction of sp³-hybridized carbons (Fsp3) is 0.417. The molecule has 1 aliphatic heterocycles. The van der Waals surface area contributed by atoms with Crippen molar-refractivity contribution in [3.05, 3.63) is 34.4 Å². The SMILES string of the molecule is O=C([O-])[C@H]1O[C@@H](Oc2ccc([N+](=O)[O-])cc2)[C@H](O)[C@@H](O)[C@@H]1O. The summed E-state index contributed by atoms with van der Waals surface area (Å²) in [4.78, 5) is 20.7. The molecular formula is C12H12NO9-. The average Bonchev–Trinajstić information content (AvgIpc) is 2.48. The molecule has 120 valence electrons. The first kappa shape index (κ1) is 16.1. The number of benzene rings is 1. The van der Waals surface area contributed by atoms with Gasteiger partial charge >= 0.3 is 0 Å². The minimum atomic E-state index is -1.89. The Morgan fingerprint density at radius 1 is 1.14 bits per heavy atom. The Kier molecular flexibility index (Phi) is 4.56. The van der Waals surface area contributed by atoms with E-state index in [1.807, 2.05) is 0 Å². The molecule has 1 saturated heterocycles. The lowest BCUT2D eigenvalue weighted by Crippen LogP contribution is -2.63. The van der Waals surface area contributed by atoms with E-state index in [4.69, 9.17) is 9.47 Å². The van der Waals surface area contributed by atoms with Crippen LogP contribution in [0, 0.1) is 10.1 Å². The van der Waals surface area contributed by atoms with Gasteiger partial charge < -0.3 is 34.7 Å². The zero-order valence-corrected chi connectivity index (χ0v) is 10.9. The van der Waals surface area contributed by atoms with Crippen molar-refractivity contribution in [2.45, 2.75) is 30.7 Å². The van der Waals surface area contributed by atoms with Crippen LogP contribution in [-0.2, 0) is 9.53 Å². The highest BCUT2D eigenvalue weighted by Crippen LogP contribution is 2.25. The van der Waals surface area contributed by atoms with E-state index in [0.29, 0.717) is 0 Å². The van der Waals surface area contributed by atoms with E-state index in [0.717, 1.165) is 12.1 Å². The molecule has 0 radical (unpaired) electrons. The van der Waals surface area contributed by atoms with Crippen molar-refractivity contribution in [1.29, 1.82) is 0 Å². The predicted octanol–water partition coefficient (Wildman–Crippen LogP) is -2.47. The van der Waals surface area contributed by atoms with Crippen LogP contribution in [0.5, 0.6) is 5.75 Å². The maximum absolute atomic E-state index is 10.8. The predicted molar refractivity (Wildman–Crippen MR) is 65.4 cm³/mol. The van der Waals surface area contributed by atoms with Crippen LogP contribution in [0.2, 0.25) is 0 Å². The summed E-state index contributed by atoms with van der Waals surface area (Å²) in [6, 6.07) is 4.68. The third-order valence-corrected chi connectivity index (χ3v) is 3.10. The molecule has 10 heteroatoms. The van der Waals surface area contributed by atoms with Gasteiger partial charge in [-0.15, -0.1) is 0 Å². The number of nitro groups is 1. The number of non-ortho nitro benzene ring substituents is 1. The van der Waals surface area contributed by atoms with E-state index in [9.17, 15) is 35.3 Å². The van der Waals surface area contributed by atoms with Gasteiger partial charge in [-0.25, -0.2) is 0 Å². The van der Waals surface area contributed by atoms with E-state index in [2.05, 4.69) is 0 Å². The number of rotatable bonds is 4. The molecule has 0 unspecified atom stereocenters. The molecule has 5 atom stereocenters. The summed E-state index contributed by atoms with van der Waals surface area (Å²) < 4.78 is 9.99. The molecule has 0 aromatic heterocycles. The lowest BCUT2D eigenvalue weighted by Gasteiger charge is -2.40. The summed E-state index contributed by atoms with van der Waals surface area (Å²) >= 11 is 0. The Morgan fingerprint density at radius 3 is 2.23 bits per heavy atom. The van der Waals surface area contributed by atoms with Gasteiger partial charge in [-0.05, 0) is 12.1 Å². The number of ether oxygens (including phenoxy) is 2. The Morgan fingerprint density at radius 2 is 1.73 bits per heavy atom. The Hall–Kier alpha value is -2.27. The zero-order chi connectivity index (χ0) is 16.4. The molecule has 1 heterocycles. The van der Waals surface area contributed by atoms with Crippen LogP contribution >= 0.6 is 0 Å². The third-order valence-electron chi connectivity index (χ3n) is 3.10. The largest absolute Gasteiger partial charge is 0.547 e. The second kappa shape index (κ2) is 6.23. The molecule has 10 nitrogen and oxygen atoms in total. The van der Waals surface area contributed by atoms with Crippen molar-refractivity contribution < 1.29 is 39.6 Å². The van der Waals surface area contributed by atoms with Crippen molar-refractivity contribution in [3.8, 4) is 5.75 Å². The molecule has 2 rings (SSSR count). The topological polar surface area (TPSA) is 162 Å². The molecule has 0 saturated carbocycles. The summed E-state index contributed by atoms with van der Waals surface area (Å²) in [6.45, 7) is 0. The second-order valence-electron chi connectivity index (χ2n) is 4.58. The fourth-order valence-corrected chi connectivity index (χ4v) is 1.92. The lowest BCUT2D eigenvalue weighted by molar-refractivity contribution is -0.384. The van der Waals surface area contributed by atoms with Gasteiger partial charge in [0.15, 0.2) is 0 Å². The number of nitro benzene ring substituents is 1. The molecule has 0 aliphatic carbocycles. The van der Waals surface area contributed by atoms with Crippen LogP contribution in [0.4, 0.5) is 5.69 Å². The Bertz CT molecular complexity index is 560. The lowest BCUT2D eigenvalue weighted by atomic mass is 9.99. The van der Waals surface area contributed by atoms with Gasteiger partial charge in [-0.2, -0.15) is 0 Å². The van der Waals surface area contributed by atoms with Crippen LogP contribution in [0.1, 0.15) is 0 Å².